The van der Waals surface area contributed by atoms with Gasteiger partial charge in [-0.3, -0.25) is 9.48 Å². The Morgan fingerprint density at radius 3 is 2.31 bits per heavy atom. The zero-order valence-electron chi connectivity index (χ0n) is 19.7. The Balaban J connectivity index is 1.43. The Morgan fingerprint density at radius 2 is 1.71 bits per heavy atom. The number of aromatic carboxylic acids is 1. The lowest BCUT2D eigenvalue weighted by molar-refractivity contribution is -0.118. The van der Waals surface area contributed by atoms with E-state index in [9.17, 15) is 19.5 Å². The molecule has 0 saturated carbocycles. The van der Waals surface area contributed by atoms with Crippen molar-refractivity contribution in [2.45, 2.75) is 38.1 Å². The Morgan fingerprint density at radius 1 is 1.09 bits per heavy atom. The largest absolute Gasteiger partial charge is 0.477 e. The number of rotatable bonds is 9. The normalized spacial score (nSPS) is 13.0. The number of carboxylic acids is 1. The predicted molar refractivity (Wildman–Crippen MR) is 130 cm³/mol. The Bertz CT molecular complexity index is 1210. The minimum Gasteiger partial charge on any atom is -0.477 e. The molecule has 9 nitrogen and oxygen atoms in total. The maximum atomic E-state index is 12.9. The molecule has 2 amide bonds. The van der Waals surface area contributed by atoms with E-state index in [-0.39, 0.29) is 23.9 Å². The van der Waals surface area contributed by atoms with Crippen LogP contribution >= 0.6 is 0 Å². The average Bonchev–Trinajstić information content (AvgIpc) is 3.37. The summed E-state index contributed by atoms with van der Waals surface area (Å²) in [4.78, 5) is 37.0. The standard InChI is InChI=1S/C26H28N4O5/c1-3-4-13-22(24(31)28-23-20(25(32)33)14-30(2)29-23)27-26(34)35-15-21-18-11-7-5-9-16(18)17-10-6-8-12-19(17)21/h5-12,14,21-22H,3-4,13,15H2,1-2H3,(H,27,34)(H,32,33)(H,28,29,31). The SMILES string of the molecule is CCCCC(NC(=O)OCC1c2ccccc2-c2ccccc21)C(=O)Nc1nn(C)cc1C(=O)O. The predicted octanol–water partition coefficient (Wildman–Crippen LogP) is 4.15. The van der Waals surface area contributed by atoms with Crippen LogP contribution in [0.5, 0.6) is 0 Å². The first-order chi connectivity index (χ1) is 16.9. The summed E-state index contributed by atoms with van der Waals surface area (Å²) in [7, 11) is 1.56. The van der Waals surface area contributed by atoms with Crippen molar-refractivity contribution in [3.05, 3.63) is 71.4 Å². The van der Waals surface area contributed by atoms with Crippen molar-refractivity contribution in [1.29, 1.82) is 0 Å². The highest BCUT2D eigenvalue weighted by atomic mass is 16.5. The quantitative estimate of drug-likeness (QED) is 0.426. The van der Waals surface area contributed by atoms with Gasteiger partial charge < -0.3 is 20.5 Å². The highest BCUT2D eigenvalue weighted by Crippen LogP contribution is 2.44. The molecule has 182 valence electrons. The number of carboxylic acid groups (broad SMARTS) is 1. The van der Waals surface area contributed by atoms with E-state index in [0.717, 1.165) is 28.7 Å². The zero-order valence-corrected chi connectivity index (χ0v) is 19.7. The zero-order chi connectivity index (χ0) is 24.9. The molecule has 35 heavy (non-hydrogen) atoms. The van der Waals surface area contributed by atoms with E-state index in [4.69, 9.17) is 4.74 Å². The minimum atomic E-state index is -1.21. The molecular formula is C26H28N4O5. The van der Waals surface area contributed by atoms with Crippen LogP contribution in [-0.2, 0) is 16.6 Å². The number of aromatic nitrogens is 2. The van der Waals surface area contributed by atoms with E-state index in [1.165, 1.54) is 10.9 Å². The summed E-state index contributed by atoms with van der Waals surface area (Å²) < 4.78 is 6.88. The number of hydrogen-bond acceptors (Lipinski definition) is 5. The Labute approximate surface area is 203 Å². The molecule has 4 rings (SSSR count). The van der Waals surface area contributed by atoms with Gasteiger partial charge in [0, 0.05) is 19.2 Å². The van der Waals surface area contributed by atoms with Crippen LogP contribution in [-0.4, -0.2) is 45.5 Å². The van der Waals surface area contributed by atoms with Gasteiger partial charge >= 0.3 is 12.1 Å². The molecule has 1 aromatic heterocycles. The molecule has 2 aromatic carbocycles. The molecule has 0 bridgehead atoms. The van der Waals surface area contributed by atoms with Gasteiger partial charge in [0.2, 0.25) is 5.91 Å². The first-order valence-corrected chi connectivity index (χ1v) is 11.6. The van der Waals surface area contributed by atoms with Gasteiger partial charge in [-0.25, -0.2) is 9.59 Å². The van der Waals surface area contributed by atoms with Gasteiger partial charge in [-0.15, -0.1) is 0 Å². The maximum Gasteiger partial charge on any atom is 0.407 e. The molecule has 1 atom stereocenters. The molecule has 3 aromatic rings. The summed E-state index contributed by atoms with van der Waals surface area (Å²) in [6.45, 7) is 2.11. The monoisotopic (exact) mass is 476 g/mol. The number of alkyl carbamates (subject to hydrolysis) is 1. The lowest BCUT2D eigenvalue weighted by atomic mass is 9.98. The number of amides is 2. The van der Waals surface area contributed by atoms with Crippen molar-refractivity contribution in [3.63, 3.8) is 0 Å². The lowest BCUT2D eigenvalue weighted by Crippen LogP contribution is -2.44. The fraction of sp³-hybridized carbons (Fsp3) is 0.308. The van der Waals surface area contributed by atoms with E-state index in [1.54, 1.807) is 7.05 Å². The number of benzene rings is 2. The van der Waals surface area contributed by atoms with Crippen LogP contribution in [0.4, 0.5) is 10.6 Å². The number of hydrogen-bond donors (Lipinski definition) is 3. The second-order valence-corrected chi connectivity index (χ2v) is 8.52. The van der Waals surface area contributed by atoms with Crippen LogP contribution < -0.4 is 10.6 Å². The number of ether oxygens (including phenoxy) is 1. The van der Waals surface area contributed by atoms with Gasteiger partial charge in [0.15, 0.2) is 5.82 Å². The van der Waals surface area contributed by atoms with Crippen LogP contribution in [0.1, 0.15) is 53.6 Å². The molecule has 0 spiro atoms. The highest BCUT2D eigenvalue weighted by Gasteiger charge is 2.30. The summed E-state index contributed by atoms with van der Waals surface area (Å²) in [5.41, 5.74) is 4.32. The lowest BCUT2D eigenvalue weighted by Gasteiger charge is -2.19. The number of anilines is 1. The van der Waals surface area contributed by atoms with Gasteiger partial charge in [-0.05, 0) is 28.7 Å². The smallest absolute Gasteiger partial charge is 0.407 e. The van der Waals surface area contributed by atoms with E-state index in [2.05, 4.69) is 27.9 Å². The fourth-order valence-electron chi connectivity index (χ4n) is 4.40. The molecule has 3 N–H and O–H groups in total. The van der Waals surface area contributed by atoms with Crippen LogP contribution in [0, 0.1) is 0 Å². The average molecular weight is 477 g/mol. The molecule has 1 aliphatic carbocycles. The van der Waals surface area contributed by atoms with Crippen molar-refractivity contribution >= 4 is 23.8 Å². The van der Waals surface area contributed by atoms with Gasteiger partial charge in [-0.2, -0.15) is 5.10 Å². The third kappa shape index (κ3) is 5.18. The maximum absolute atomic E-state index is 12.9. The highest BCUT2D eigenvalue weighted by molar-refractivity contribution is 6.01. The third-order valence-corrected chi connectivity index (χ3v) is 6.10. The number of nitrogens with one attached hydrogen (secondary N) is 2. The molecule has 1 aliphatic rings. The van der Waals surface area contributed by atoms with Crippen LogP contribution in [0.2, 0.25) is 0 Å². The van der Waals surface area contributed by atoms with Crippen molar-refractivity contribution in [2.24, 2.45) is 7.05 Å². The number of aryl methyl sites for hydroxylation is 1. The number of unbranched alkanes of at least 4 members (excludes halogenated alkanes) is 1. The molecule has 1 heterocycles. The van der Waals surface area contributed by atoms with E-state index < -0.39 is 24.0 Å². The molecule has 9 heteroatoms. The van der Waals surface area contributed by atoms with Crippen LogP contribution in [0.15, 0.2) is 54.7 Å². The number of carbonyl (C=O) groups excluding carboxylic acids is 2. The first-order valence-electron chi connectivity index (χ1n) is 11.6. The molecule has 0 aliphatic heterocycles. The Kier molecular flexibility index (Phi) is 7.14. The second-order valence-electron chi connectivity index (χ2n) is 8.52. The Hall–Kier alpha value is -4.14. The molecule has 0 radical (unpaired) electrons. The van der Waals surface area contributed by atoms with E-state index in [0.29, 0.717) is 12.8 Å². The number of fused-ring (bicyclic) bond motifs is 3. The van der Waals surface area contributed by atoms with Crippen LogP contribution in [0.3, 0.4) is 0 Å². The molecule has 0 fully saturated rings. The van der Waals surface area contributed by atoms with Crippen LogP contribution in [0.25, 0.3) is 11.1 Å². The second kappa shape index (κ2) is 10.4. The first kappa shape index (κ1) is 24.0. The molecular weight excluding hydrogens is 448 g/mol. The van der Waals surface area contributed by atoms with Gasteiger partial charge in [-0.1, -0.05) is 68.3 Å². The van der Waals surface area contributed by atoms with Gasteiger partial charge in [0.25, 0.3) is 0 Å². The summed E-state index contributed by atoms with van der Waals surface area (Å²) in [5, 5.41) is 18.5. The van der Waals surface area contributed by atoms with Crippen molar-refractivity contribution < 1.29 is 24.2 Å². The van der Waals surface area contributed by atoms with Crippen molar-refractivity contribution in [2.75, 3.05) is 11.9 Å². The van der Waals surface area contributed by atoms with Crippen molar-refractivity contribution in [1.82, 2.24) is 15.1 Å². The minimum absolute atomic E-state index is 0.0687. The van der Waals surface area contributed by atoms with E-state index >= 15 is 0 Å². The summed E-state index contributed by atoms with van der Waals surface area (Å²) >= 11 is 0. The molecule has 1 unspecified atom stereocenters. The van der Waals surface area contributed by atoms with E-state index in [1.807, 2.05) is 43.3 Å². The summed E-state index contributed by atoms with van der Waals surface area (Å²) in [5.74, 6) is -1.92. The molecule has 0 saturated heterocycles. The summed E-state index contributed by atoms with van der Waals surface area (Å²) in [6.07, 6.45) is 2.48. The number of carbonyl (C=O) groups is 3. The summed E-state index contributed by atoms with van der Waals surface area (Å²) in [6, 6.07) is 15.2. The topological polar surface area (TPSA) is 123 Å². The number of nitrogens with zero attached hydrogens (tertiary/aromatic N) is 2. The van der Waals surface area contributed by atoms with Gasteiger partial charge in [0.1, 0.15) is 18.2 Å². The third-order valence-electron chi connectivity index (χ3n) is 6.10. The fourth-order valence-corrected chi connectivity index (χ4v) is 4.40. The van der Waals surface area contributed by atoms with Crippen molar-refractivity contribution in [3.8, 4) is 11.1 Å². The van der Waals surface area contributed by atoms with Gasteiger partial charge in [0.05, 0.1) is 0 Å².